The van der Waals surface area contributed by atoms with E-state index >= 15 is 0 Å². The lowest BCUT2D eigenvalue weighted by molar-refractivity contribution is 0.476. The SMILES string of the molecule is N#Cc1cc(S(=O)(=O)Nc2ncns2)ccc1Oc1cc(F)c(Cl)cc1-c1cn[nH]c1. The number of hydrogen-bond donors (Lipinski definition) is 2. The molecule has 156 valence electrons. The van der Waals surface area contributed by atoms with Gasteiger partial charge in [0.25, 0.3) is 10.0 Å². The molecule has 0 saturated carbocycles. The number of benzene rings is 2. The zero-order valence-corrected chi connectivity index (χ0v) is 17.6. The number of aromatic nitrogens is 4. The minimum atomic E-state index is -4.00. The molecule has 0 fully saturated rings. The second-order valence-corrected chi connectivity index (χ2v) is 8.84. The smallest absolute Gasteiger partial charge is 0.263 e. The molecule has 4 rings (SSSR count). The van der Waals surface area contributed by atoms with Crippen molar-refractivity contribution in [3.05, 3.63) is 65.5 Å². The maximum Gasteiger partial charge on any atom is 0.263 e. The van der Waals surface area contributed by atoms with Crippen molar-refractivity contribution in [2.24, 2.45) is 0 Å². The number of nitriles is 1. The van der Waals surface area contributed by atoms with Crippen molar-refractivity contribution < 1.29 is 17.5 Å². The van der Waals surface area contributed by atoms with Crippen LogP contribution in [0.3, 0.4) is 0 Å². The van der Waals surface area contributed by atoms with Crippen LogP contribution in [0.15, 0.2) is 53.9 Å². The average Bonchev–Trinajstić information content (AvgIpc) is 3.44. The molecule has 2 aromatic carbocycles. The fourth-order valence-corrected chi connectivity index (χ4v) is 4.45. The van der Waals surface area contributed by atoms with E-state index in [2.05, 4.69) is 24.3 Å². The van der Waals surface area contributed by atoms with Gasteiger partial charge >= 0.3 is 0 Å². The summed E-state index contributed by atoms with van der Waals surface area (Å²) in [5.74, 6) is -0.617. The predicted molar refractivity (Wildman–Crippen MR) is 111 cm³/mol. The van der Waals surface area contributed by atoms with Crippen LogP contribution >= 0.6 is 23.1 Å². The first-order valence-electron chi connectivity index (χ1n) is 8.37. The molecule has 13 heteroatoms. The van der Waals surface area contributed by atoms with Crippen molar-refractivity contribution in [3.63, 3.8) is 0 Å². The third-order valence-corrected chi connectivity index (χ3v) is 6.35. The van der Waals surface area contributed by atoms with Gasteiger partial charge in [0.2, 0.25) is 5.13 Å². The number of sulfonamides is 1. The fourth-order valence-electron chi connectivity index (χ4n) is 2.60. The molecule has 9 nitrogen and oxygen atoms in total. The van der Waals surface area contributed by atoms with Gasteiger partial charge in [-0.3, -0.25) is 9.82 Å². The Morgan fingerprint density at radius 1 is 1.26 bits per heavy atom. The Labute approximate surface area is 184 Å². The van der Waals surface area contributed by atoms with Crippen molar-refractivity contribution in [3.8, 4) is 28.7 Å². The van der Waals surface area contributed by atoms with Gasteiger partial charge in [0, 0.05) is 34.9 Å². The summed E-state index contributed by atoms with van der Waals surface area (Å²) in [5.41, 5.74) is 0.933. The van der Waals surface area contributed by atoms with Crippen LogP contribution in [0.25, 0.3) is 11.1 Å². The maximum atomic E-state index is 14.1. The molecule has 0 aliphatic rings. The molecule has 4 aromatic rings. The molecule has 0 radical (unpaired) electrons. The van der Waals surface area contributed by atoms with E-state index in [0.29, 0.717) is 11.1 Å². The van der Waals surface area contributed by atoms with Crippen LogP contribution < -0.4 is 9.46 Å². The zero-order chi connectivity index (χ0) is 22.0. The second kappa shape index (κ2) is 8.31. The van der Waals surface area contributed by atoms with Crippen LogP contribution in [0.2, 0.25) is 5.02 Å². The molecule has 2 N–H and O–H groups in total. The van der Waals surface area contributed by atoms with E-state index in [9.17, 15) is 18.1 Å². The van der Waals surface area contributed by atoms with Gasteiger partial charge in [-0.2, -0.15) is 14.7 Å². The summed E-state index contributed by atoms with van der Waals surface area (Å²) in [6, 6.07) is 8.03. The summed E-state index contributed by atoms with van der Waals surface area (Å²) in [6.07, 6.45) is 4.27. The number of nitrogens with one attached hydrogen (secondary N) is 2. The van der Waals surface area contributed by atoms with E-state index in [1.165, 1.54) is 30.7 Å². The molecule has 0 aliphatic heterocycles. The first-order chi connectivity index (χ1) is 14.9. The van der Waals surface area contributed by atoms with Crippen LogP contribution in [-0.4, -0.2) is 28.0 Å². The van der Waals surface area contributed by atoms with Crippen LogP contribution in [0.1, 0.15) is 5.56 Å². The summed E-state index contributed by atoms with van der Waals surface area (Å²) < 4.78 is 50.9. The van der Waals surface area contributed by atoms with Gasteiger partial charge in [-0.15, -0.1) is 0 Å². The average molecular weight is 477 g/mol. The van der Waals surface area contributed by atoms with Crippen molar-refractivity contribution in [2.45, 2.75) is 4.90 Å². The predicted octanol–water partition coefficient (Wildman–Crippen LogP) is 4.19. The van der Waals surface area contributed by atoms with Gasteiger partial charge in [0.1, 0.15) is 29.7 Å². The number of nitrogens with zero attached hydrogens (tertiary/aromatic N) is 4. The third kappa shape index (κ3) is 4.33. The summed E-state index contributed by atoms with van der Waals surface area (Å²) in [5, 5.41) is 16.0. The highest BCUT2D eigenvalue weighted by Crippen LogP contribution is 2.38. The van der Waals surface area contributed by atoms with Crippen molar-refractivity contribution >= 4 is 38.3 Å². The number of anilines is 1. The third-order valence-electron chi connectivity index (χ3n) is 4.02. The van der Waals surface area contributed by atoms with E-state index in [-0.39, 0.29) is 32.1 Å². The molecule has 31 heavy (non-hydrogen) atoms. The van der Waals surface area contributed by atoms with Crippen molar-refractivity contribution in [1.82, 2.24) is 19.6 Å². The van der Waals surface area contributed by atoms with E-state index < -0.39 is 15.8 Å². The number of aromatic amines is 1. The van der Waals surface area contributed by atoms with Crippen LogP contribution in [-0.2, 0) is 10.0 Å². The molecule has 0 saturated heterocycles. The van der Waals surface area contributed by atoms with E-state index in [0.717, 1.165) is 23.7 Å². The Morgan fingerprint density at radius 2 is 2.10 bits per heavy atom. The quantitative estimate of drug-likeness (QED) is 0.426. The minimum Gasteiger partial charge on any atom is -0.455 e. The molecule has 0 spiro atoms. The highest BCUT2D eigenvalue weighted by atomic mass is 35.5. The number of ether oxygens (including phenoxy) is 1. The lowest BCUT2D eigenvalue weighted by atomic mass is 10.1. The number of rotatable bonds is 6. The van der Waals surface area contributed by atoms with Crippen LogP contribution in [0, 0.1) is 17.1 Å². The Hall–Kier alpha value is -3.53. The Bertz CT molecular complexity index is 1390. The number of H-pyrrole nitrogens is 1. The Kier molecular flexibility index (Phi) is 5.55. The maximum absolute atomic E-state index is 14.1. The molecular formula is C18H10ClFN6O3S2. The fraction of sp³-hybridized carbons (Fsp3) is 0. The molecule has 2 aromatic heterocycles. The Morgan fingerprint density at radius 3 is 2.77 bits per heavy atom. The molecule has 0 amide bonds. The zero-order valence-electron chi connectivity index (χ0n) is 15.2. The highest BCUT2D eigenvalue weighted by Gasteiger charge is 2.20. The summed E-state index contributed by atoms with van der Waals surface area (Å²) in [6.45, 7) is 0. The van der Waals surface area contributed by atoms with Crippen molar-refractivity contribution in [2.75, 3.05) is 4.72 Å². The van der Waals surface area contributed by atoms with E-state index in [1.54, 1.807) is 6.20 Å². The normalized spacial score (nSPS) is 11.1. The van der Waals surface area contributed by atoms with Crippen LogP contribution in [0.4, 0.5) is 9.52 Å². The summed E-state index contributed by atoms with van der Waals surface area (Å²) in [7, 11) is -4.00. The molecule has 2 heterocycles. The minimum absolute atomic E-state index is 0.0313. The first-order valence-corrected chi connectivity index (χ1v) is 11.0. The lowest BCUT2D eigenvalue weighted by Crippen LogP contribution is -2.13. The lowest BCUT2D eigenvalue weighted by Gasteiger charge is -2.13. The van der Waals surface area contributed by atoms with Gasteiger partial charge in [-0.05, 0) is 24.3 Å². The van der Waals surface area contributed by atoms with Gasteiger partial charge < -0.3 is 4.74 Å². The van der Waals surface area contributed by atoms with Gasteiger partial charge in [-0.1, -0.05) is 11.6 Å². The first kappa shape index (κ1) is 20.7. The summed E-state index contributed by atoms with van der Waals surface area (Å²) in [4.78, 5) is 3.59. The van der Waals surface area contributed by atoms with E-state index in [1.807, 2.05) is 6.07 Å². The topological polar surface area (TPSA) is 134 Å². The van der Waals surface area contributed by atoms with Crippen molar-refractivity contribution in [1.29, 1.82) is 5.26 Å². The number of hydrogen-bond acceptors (Lipinski definition) is 8. The van der Waals surface area contributed by atoms with Gasteiger partial charge in [-0.25, -0.2) is 17.8 Å². The largest absolute Gasteiger partial charge is 0.455 e. The molecule has 0 bridgehead atoms. The highest BCUT2D eigenvalue weighted by molar-refractivity contribution is 7.93. The van der Waals surface area contributed by atoms with Crippen LogP contribution in [0.5, 0.6) is 11.5 Å². The standard InChI is InChI=1S/C18H10ClFN6O3S2/c19-14-4-13(11-7-23-24-8-11)17(5-15(14)20)29-16-2-1-12(3-10(16)6-21)31(27,28)26-18-22-9-25-30-18/h1-5,7-9H,(H,23,24)(H,22,25,26). The number of halogens is 2. The van der Waals surface area contributed by atoms with Gasteiger partial charge in [0.05, 0.1) is 21.7 Å². The molecular weight excluding hydrogens is 467 g/mol. The monoisotopic (exact) mass is 476 g/mol. The molecule has 0 aliphatic carbocycles. The summed E-state index contributed by atoms with van der Waals surface area (Å²) >= 11 is 6.76. The second-order valence-electron chi connectivity index (χ2n) is 5.97. The molecule has 0 unspecified atom stereocenters. The Balaban J connectivity index is 1.71. The van der Waals surface area contributed by atoms with Gasteiger partial charge in [0.15, 0.2) is 0 Å². The van der Waals surface area contributed by atoms with E-state index in [4.69, 9.17) is 16.3 Å². The molecule has 0 atom stereocenters.